The van der Waals surface area contributed by atoms with E-state index in [1.54, 1.807) is 0 Å². The topological polar surface area (TPSA) is 43.4 Å². The van der Waals surface area contributed by atoms with Gasteiger partial charge in [0, 0.05) is 6.42 Å². The molecule has 0 aromatic heterocycles. The van der Waals surface area contributed by atoms with Gasteiger partial charge >= 0.3 is 5.97 Å². The van der Waals surface area contributed by atoms with Crippen LogP contribution in [-0.4, -0.2) is 18.9 Å². The highest BCUT2D eigenvalue weighted by Gasteiger charge is 2.19. The van der Waals surface area contributed by atoms with Crippen molar-refractivity contribution in [2.75, 3.05) is 6.61 Å². The third kappa shape index (κ3) is 22.3. The summed E-state index contributed by atoms with van der Waals surface area (Å²) in [4.78, 5) is 23.0. The van der Waals surface area contributed by atoms with E-state index in [1.165, 1.54) is 103 Å². The van der Waals surface area contributed by atoms with E-state index in [0.717, 1.165) is 44.8 Å². The molecule has 0 spiro atoms. The molecule has 0 rings (SSSR count). The van der Waals surface area contributed by atoms with Crippen LogP contribution in [0.1, 0.15) is 162 Å². The van der Waals surface area contributed by atoms with Crippen LogP contribution in [-0.2, 0) is 14.3 Å². The smallest absolute Gasteiger partial charge is 0.308 e. The Morgan fingerprint density at radius 3 is 1.47 bits per heavy atom. The van der Waals surface area contributed by atoms with Crippen LogP contribution in [0.5, 0.6) is 0 Å². The van der Waals surface area contributed by atoms with E-state index in [9.17, 15) is 9.59 Å². The van der Waals surface area contributed by atoms with Crippen LogP contribution >= 0.6 is 0 Å². The molecule has 0 N–H and O–H groups in total. The molecule has 0 bridgehead atoms. The first-order chi connectivity index (χ1) is 15.8. The second-order valence-corrected chi connectivity index (χ2v) is 9.76. The predicted molar refractivity (Wildman–Crippen MR) is 138 cm³/mol. The lowest BCUT2D eigenvalue weighted by atomic mass is 9.94. The van der Waals surface area contributed by atoms with Gasteiger partial charge in [0.2, 0.25) is 0 Å². The van der Waals surface area contributed by atoms with Crippen molar-refractivity contribution in [2.45, 2.75) is 162 Å². The van der Waals surface area contributed by atoms with Crippen molar-refractivity contribution in [1.82, 2.24) is 0 Å². The molecule has 32 heavy (non-hydrogen) atoms. The molecule has 0 aliphatic carbocycles. The molecule has 0 aromatic carbocycles. The largest absolute Gasteiger partial charge is 0.465 e. The number of hydrogen-bond acceptors (Lipinski definition) is 3. The maximum absolute atomic E-state index is 12.7. The van der Waals surface area contributed by atoms with E-state index in [-0.39, 0.29) is 11.9 Å². The summed E-state index contributed by atoms with van der Waals surface area (Å²) in [5.74, 6) is 0.178. The minimum Gasteiger partial charge on any atom is -0.465 e. The van der Waals surface area contributed by atoms with Crippen molar-refractivity contribution in [3.63, 3.8) is 0 Å². The number of esters is 1. The highest BCUT2D eigenvalue weighted by atomic mass is 16.5. The normalized spacial score (nSPS) is 12.1. The molecule has 0 radical (unpaired) electrons. The van der Waals surface area contributed by atoms with Crippen LogP contribution in [0.15, 0.2) is 0 Å². The molecule has 0 aliphatic heterocycles. The lowest BCUT2D eigenvalue weighted by molar-refractivity contribution is -0.149. The molecule has 0 amide bonds. The van der Waals surface area contributed by atoms with Crippen molar-refractivity contribution in [3.05, 3.63) is 0 Å². The first-order valence-corrected chi connectivity index (χ1v) is 14.4. The van der Waals surface area contributed by atoms with Crippen molar-refractivity contribution in [1.29, 1.82) is 0 Å². The third-order valence-electron chi connectivity index (χ3n) is 6.61. The van der Waals surface area contributed by atoms with Gasteiger partial charge in [-0.3, -0.25) is 4.79 Å². The van der Waals surface area contributed by atoms with Crippen molar-refractivity contribution >= 4 is 12.3 Å². The monoisotopic (exact) mass is 452 g/mol. The van der Waals surface area contributed by atoms with Gasteiger partial charge in [-0.25, -0.2) is 0 Å². The van der Waals surface area contributed by atoms with Gasteiger partial charge in [0.25, 0.3) is 0 Å². The van der Waals surface area contributed by atoms with Crippen molar-refractivity contribution < 1.29 is 14.3 Å². The summed E-state index contributed by atoms with van der Waals surface area (Å²) in [5, 5.41) is 0. The molecule has 0 saturated carbocycles. The zero-order valence-electron chi connectivity index (χ0n) is 21.9. The van der Waals surface area contributed by atoms with Gasteiger partial charge in [0.05, 0.1) is 12.5 Å². The van der Waals surface area contributed by atoms with E-state index in [2.05, 4.69) is 13.8 Å². The minimum absolute atomic E-state index is 0.0625. The minimum atomic E-state index is 0.0625. The average molecular weight is 453 g/mol. The Morgan fingerprint density at radius 2 is 1.00 bits per heavy atom. The molecular formula is C29H56O3. The van der Waals surface area contributed by atoms with Crippen LogP contribution in [0.4, 0.5) is 0 Å². The summed E-state index contributed by atoms with van der Waals surface area (Å²) >= 11 is 0. The molecule has 0 heterocycles. The highest BCUT2D eigenvalue weighted by Crippen LogP contribution is 2.21. The van der Waals surface area contributed by atoms with Crippen LogP contribution < -0.4 is 0 Å². The molecule has 3 heteroatoms. The Morgan fingerprint density at radius 1 is 0.594 bits per heavy atom. The van der Waals surface area contributed by atoms with Gasteiger partial charge in [-0.05, 0) is 25.7 Å². The standard InChI is InChI=1S/C29H56O3/c1-3-5-7-9-11-13-17-21-25-28(24-20-16-10-8-6-4-2)29(31)32-27-23-19-15-12-14-18-22-26-30/h26,28H,3-25,27H2,1-2H3. The zero-order valence-corrected chi connectivity index (χ0v) is 21.9. The number of hydrogen-bond donors (Lipinski definition) is 0. The lowest BCUT2D eigenvalue weighted by Crippen LogP contribution is -2.18. The zero-order chi connectivity index (χ0) is 23.5. The maximum atomic E-state index is 12.7. The quantitative estimate of drug-likeness (QED) is 0.0745. The van der Waals surface area contributed by atoms with E-state index < -0.39 is 0 Å². The number of aldehydes is 1. The van der Waals surface area contributed by atoms with E-state index >= 15 is 0 Å². The molecule has 190 valence electrons. The molecule has 0 aromatic rings. The summed E-state index contributed by atoms with van der Waals surface area (Å²) in [6.07, 6.45) is 28.5. The third-order valence-corrected chi connectivity index (χ3v) is 6.61. The predicted octanol–water partition coefficient (Wildman–Crippen LogP) is 9.36. The summed E-state index contributed by atoms with van der Waals surface area (Å²) in [5.41, 5.74) is 0. The van der Waals surface area contributed by atoms with Crippen LogP contribution in [0.25, 0.3) is 0 Å². The first-order valence-electron chi connectivity index (χ1n) is 14.4. The van der Waals surface area contributed by atoms with E-state index in [4.69, 9.17) is 4.74 Å². The molecule has 0 aliphatic rings. The van der Waals surface area contributed by atoms with Gasteiger partial charge in [0.15, 0.2) is 0 Å². The number of unbranched alkanes of at least 4 members (excludes halogenated alkanes) is 18. The number of rotatable bonds is 26. The Balaban J connectivity index is 4.01. The van der Waals surface area contributed by atoms with Gasteiger partial charge in [-0.2, -0.15) is 0 Å². The van der Waals surface area contributed by atoms with Crippen LogP contribution in [0.2, 0.25) is 0 Å². The average Bonchev–Trinajstić information content (AvgIpc) is 2.80. The summed E-state index contributed by atoms with van der Waals surface area (Å²) in [6, 6.07) is 0. The first kappa shape index (κ1) is 31.1. The molecule has 1 unspecified atom stereocenters. The Hall–Kier alpha value is -0.860. The van der Waals surface area contributed by atoms with Crippen molar-refractivity contribution in [3.8, 4) is 0 Å². The molecule has 1 atom stereocenters. The maximum Gasteiger partial charge on any atom is 0.308 e. The number of ether oxygens (including phenoxy) is 1. The fourth-order valence-electron chi connectivity index (χ4n) is 4.40. The van der Waals surface area contributed by atoms with Crippen molar-refractivity contribution in [2.24, 2.45) is 5.92 Å². The van der Waals surface area contributed by atoms with E-state index in [0.29, 0.717) is 13.0 Å². The molecular weight excluding hydrogens is 396 g/mol. The fourth-order valence-corrected chi connectivity index (χ4v) is 4.40. The summed E-state index contributed by atoms with van der Waals surface area (Å²) in [6.45, 7) is 5.10. The molecule has 0 saturated heterocycles. The highest BCUT2D eigenvalue weighted by molar-refractivity contribution is 5.72. The van der Waals surface area contributed by atoms with Crippen LogP contribution in [0, 0.1) is 5.92 Å². The number of carbonyl (C=O) groups excluding carboxylic acids is 2. The van der Waals surface area contributed by atoms with Gasteiger partial charge in [-0.1, -0.05) is 129 Å². The Kier molecular flexibility index (Phi) is 25.7. The Bertz CT molecular complexity index is 394. The lowest BCUT2D eigenvalue weighted by Gasteiger charge is -2.16. The summed E-state index contributed by atoms with van der Waals surface area (Å²) < 4.78 is 5.68. The second kappa shape index (κ2) is 26.4. The molecule has 0 fully saturated rings. The summed E-state index contributed by atoms with van der Waals surface area (Å²) in [7, 11) is 0. The van der Waals surface area contributed by atoms with E-state index in [1.807, 2.05) is 0 Å². The van der Waals surface area contributed by atoms with Gasteiger partial charge in [0.1, 0.15) is 6.29 Å². The number of carbonyl (C=O) groups is 2. The molecule has 3 nitrogen and oxygen atoms in total. The van der Waals surface area contributed by atoms with Crippen LogP contribution in [0.3, 0.4) is 0 Å². The van der Waals surface area contributed by atoms with Gasteiger partial charge in [-0.15, -0.1) is 0 Å². The SMILES string of the molecule is CCCCCCCCCCC(CCCCCCCC)C(=O)OCCCCCCCCC=O. The van der Waals surface area contributed by atoms with Gasteiger partial charge < -0.3 is 9.53 Å². The Labute approximate surface area is 200 Å². The second-order valence-electron chi connectivity index (χ2n) is 9.76. The fraction of sp³-hybridized carbons (Fsp3) is 0.931.